The van der Waals surface area contributed by atoms with E-state index in [-0.39, 0.29) is 0 Å². The van der Waals surface area contributed by atoms with Crippen LogP contribution in [0.5, 0.6) is 0 Å². The third-order valence-corrected chi connectivity index (χ3v) is 8.39. The molecule has 3 aliphatic rings. The average Bonchev–Trinajstić information content (AvgIpc) is 3.48. The van der Waals surface area contributed by atoms with E-state index < -0.39 is 0 Å². The van der Waals surface area contributed by atoms with Gasteiger partial charge in [0.05, 0.1) is 12.0 Å². The summed E-state index contributed by atoms with van der Waals surface area (Å²) in [6, 6.07) is 4.47. The molecule has 168 valence electrons. The molecule has 1 unspecified atom stereocenters. The molecule has 0 bridgehead atoms. The van der Waals surface area contributed by atoms with Crippen molar-refractivity contribution in [2.24, 2.45) is 5.92 Å². The zero-order chi connectivity index (χ0) is 21.3. The number of nitrogens with zero attached hydrogens (tertiary/aromatic N) is 4. The third kappa shape index (κ3) is 4.14. The molecule has 0 aromatic carbocycles. The van der Waals surface area contributed by atoms with E-state index in [1.54, 1.807) is 6.20 Å². The molecule has 2 saturated heterocycles. The molecule has 7 heteroatoms. The van der Waals surface area contributed by atoms with Crippen molar-refractivity contribution < 1.29 is 4.74 Å². The van der Waals surface area contributed by atoms with E-state index >= 15 is 0 Å². The Morgan fingerprint density at radius 3 is 2.84 bits per heavy atom. The number of likely N-dealkylation sites (tertiary alicyclic amines) is 1. The number of rotatable bonds is 5. The second-order valence-corrected chi connectivity index (χ2v) is 10.6. The molecule has 0 radical (unpaired) electrons. The Hall–Kier alpha value is -2.09. The van der Waals surface area contributed by atoms with Crippen molar-refractivity contribution in [3.05, 3.63) is 35.0 Å². The summed E-state index contributed by atoms with van der Waals surface area (Å²) in [6.07, 6.45) is 12.1. The summed E-state index contributed by atoms with van der Waals surface area (Å²) >= 11 is 1.87. The van der Waals surface area contributed by atoms with Crippen LogP contribution in [0.15, 0.2) is 24.5 Å². The van der Waals surface area contributed by atoms with Gasteiger partial charge in [-0.1, -0.05) is 0 Å². The second-order valence-electron chi connectivity index (χ2n) is 9.48. The molecule has 5 heterocycles. The van der Waals surface area contributed by atoms with Crippen molar-refractivity contribution in [2.75, 3.05) is 38.2 Å². The van der Waals surface area contributed by atoms with E-state index in [0.29, 0.717) is 6.04 Å². The van der Waals surface area contributed by atoms with Gasteiger partial charge in [0.25, 0.3) is 0 Å². The lowest BCUT2D eigenvalue weighted by atomic mass is 9.96. The lowest BCUT2D eigenvalue weighted by molar-refractivity contribution is 0.154. The first-order chi connectivity index (χ1) is 15.8. The molecule has 2 aliphatic heterocycles. The lowest BCUT2D eigenvalue weighted by Gasteiger charge is -2.34. The molecule has 1 N–H and O–H groups in total. The van der Waals surface area contributed by atoms with Crippen molar-refractivity contribution in [2.45, 2.75) is 51.0 Å². The summed E-state index contributed by atoms with van der Waals surface area (Å²) in [5.74, 6) is 2.54. The molecule has 1 aliphatic carbocycles. The fourth-order valence-electron chi connectivity index (χ4n) is 5.43. The smallest absolute Gasteiger partial charge is 0.164 e. The van der Waals surface area contributed by atoms with Crippen molar-refractivity contribution in [3.8, 4) is 11.4 Å². The average molecular weight is 450 g/mol. The Morgan fingerprint density at radius 2 is 2.03 bits per heavy atom. The van der Waals surface area contributed by atoms with Gasteiger partial charge >= 0.3 is 0 Å². The molecule has 6 rings (SSSR count). The Kier molecular flexibility index (Phi) is 5.80. The van der Waals surface area contributed by atoms with Crippen molar-refractivity contribution in [1.82, 2.24) is 19.9 Å². The Labute approximate surface area is 193 Å². The number of aromatic nitrogens is 3. The van der Waals surface area contributed by atoms with Gasteiger partial charge in [0, 0.05) is 55.1 Å². The van der Waals surface area contributed by atoms with E-state index in [9.17, 15) is 0 Å². The normalized spacial score (nSPS) is 22.3. The van der Waals surface area contributed by atoms with Gasteiger partial charge in [-0.25, -0.2) is 9.97 Å². The summed E-state index contributed by atoms with van der Waals surface area (Å²) in [7, 11) is 0. The Balaban J connectivity index is 1.26. The van der Waals surface area contributed by atoms with Gasteiger partial charge in [0.15, 0.2) is 5.82 Å². The first kappa shape index (κ1) is 20.5. The van der Waals surface area contributed by atoms with Crippen LogP contribution in [0.25, 0.3) is 21.6 Å². The van der Waals surface area contributed by atoms with Gasteiger partial charge in [-0.3, -0.25) is 4.98 Å². The van der Waals surface area contributed by atoms with Crippen molar-refractivity contribution in [1.29, 1.82) is 0 Å². The van der Waals surface area contributed by atoms with E-state index in [1.165, 1.54) is 48.1 Å². The number of ether oxygens (including phenoxy) is 1. The summed E-state index contributed by atoms with van der Waals surface area (Å²) < 4.78 is 5.57. The minimum absolute atomic E-state index is 0.463. The van der Waals surface area contributed by atoms with Gasteiger partial charge in [-0.05, 0) is 68.6 Å². The van der Waals surface area contributed by atoms with Gasteiger partial charge in [-0.15, -0.1) is 11.3 Å². The molecule has 1 atom stereocenters. The predicted molar refractivity (Wildman–Crippen MR) is 129 cm³/mol. The van der Waals surface area contributed by atoms with Crippen LogP contribution in [0, 0.1) is 5.92 Å². The van der Waals surface area contributed by atoms with E-state index in [1.807, 2.05) is 23.6 Å². The summed E-state index contributed by atoms with van der Waals surface area (Å²) in [4.78, 5) is 19.6. The maximum absolute atomic E-state index is 5.57. The van der Waals surface area contributed by atoms with Crippen molar-refractivity contribution >= 4 is 27.4 Å². The topological polar surface area (TPSA) is 63.2 Å². The molecule has 32 heavy (non-hydrogen) atoms. The Morgan fingerprint density at radius 1 is 1.12 bits per heavy atom. The zero-order valence-corrected chi connectivity index (χ0v) is 19.4. The number of fused-ring (bicyclic) bond motifs is 3. The molecule has 2 fully saturated rings. The summed E-state index contributed by atoms with van der Waals surface area (Å²) in [5.41, 5.74) is 2.48. The molecular weight excluding hydrogens is 418 g/mol. The first-order valence-corrected chi connectivity index (χ1v) is 12.9. The van der Waals surface area contributed by atoms with Crippen LogP contribution in [-0.4, -0.2) is 58.7 Å². The zero-order valence-electron chi connectivity index (χ0n) is 18.6. The number of nitrogens with one attached hydrogen (secondary N) is 1. The molecule has 3 aromatic rings. The molecule has 6 nitrogen and oxygen atoms in total. The first-order valence-electron chi connectivity index (χ1n) is 12.1. The molecule has 0 spiro atoms. The maximum atomic E-state index is 5.57. The fraction of sp³-hybridized carbons (Fsp3) is 0.560. The molecule has 0 saturated carbocycles. The minimum atomic E-state index is 0.463. The monoisotopic (exact) mass is 449 g/mol. The van der Waals surface area contributed by atoms with Crippen LogP contribution in [0.2, 0.25) is 0 Å². The number of thiophene rings is 1. The number of aryl methyl sites for hydroxylation is 2. The number of hydrogen-bond donors (Lipinski definition) is 1. The molecule has 3 aromatic heterocycles. The van der Waals surface area contributed by atoms with E-state index in [2.05, 4.69) is 21.3 Å². The van der Waals surface area contributed by atoms with Crippen LogP contribution < -0.4 is 5.32 Å². The highest BCUT2D eigenvalue weighted by atomic mass is 32.1. The number of piperidine rings is 1. The minimum Gasteiger partial charge on any atom is -0.381 e. The second kappa shape index (κ2) is 9.04. The highest BCUT2D eigenvalue weighted by Gasteiger charge is 2.26. The highest BCUT2D eigenvalue weighted by Crippen LogP contribution is 2.40. The maximum Gasteiger partial charge on any atom is 0.164 e. The van der Waals surface area contributed by atoms with Crippen LogP contribution in [0.1, 0.15) is 42.5 Å². The summed E-state index contributed by atoms with van der Waals surface area (Å²) in [5, 5.41) is 5.15. The number of anilines is 1. The van der Waals surface area contributed by atoms with Gasteiger partial charge < -0.3 is 15.0 Å². The predicted octanol–water partition coefficient (Wildman–Crippen LogP) is 4.54. The van der Waals surface area contributed by atoms with Gasteiger partial charge in [-0.2, -0.15) is 0 Å². The Bertz CT molecular complexity index is 1070. The van der Waals surface area contributed by atoms with Gasteiger partial charge in [0.1, 0.15) is 10.6 Å². The van der Waals surface area contributed by atoms with E-state index in [0.717, 1.165) is 73.5 Å². The quantitative estimate of drug-likeness (QED) is 0.617. The van der Waals surface area contributed by atoms with Crippen molar-refractivity contribution in [3.63, 3.8) is 0 Å². The fourth-order valence-corrected chi connectivity index (χ4v) is 6.69. The standard InChI is InChI=1S/C25H31N5OS/c1-2-6-21-20(5-1)22-24(28-23(29-25(22)32-21)18-4-3-10-26-14-18)27-19-7-11-30(12-8-19)15-17-9-13-31-16-17/h3-4,10,14,17,19H,1-2,5-9,11-13,15-16H2,(H,27,28,29). The largest absolute Gasteiger partial charge is 0.381 e. The highest BCUT2D eigenvalue weighted by molar-refractivity contribution is 7.19. The SMILES string of the molecule is c1cncc(-c2nc(NC3CCN(CC4CCOC4)CC3)c3c4c(sc3n2)CCCC4)c1. The molecular formula is C25H31N5OS. The van der Waals surface area contributed by atoms with Crippen LogP contribution in [-0.2, 0) is 17.6 Å². The third-order valence-electron chi connectivity index (χ3n) is 7.20. The van der Waals surface area contributed by atoms with E-state index in [4.69, 9.17) is 14.7 Å². The lowest BCUT2D eigenvalue weighted by Crippen LogP contribution is -2.41. The molecule has 0 amide bonds. The van der Waals surface area contributed by atoms with Crippen LogP contribution in [0.3, 0.4) is 0 Å². The van der Waals surface area contributed by atoms with Crippen LogP contribution >= 0.6 is 11.3 Å². The van der Waals surface area contributed by atoms with Gasteiger partial charge in [0.2, 0.25) is 0 Å². The number of hydrogen-bond acceptors (Lipinski definition) is 7. The number of pyridine rings is 1. The summed E-state index contributed by atoms with van der Waals surface area (Å²) in [6.45, 7) is 5.38. The van der Waals surface area contributed by atoms with Crippen LogP contribution in [0.4, 0.5) is 5.82 Å².